The fraction of sp³-hybridized carbons (Fsp3) is 0.444. The molecule has 0 aliphatic carbocycles. The minimum atomic E-state index is -1.08. The van der Waals surface area contributed by atoms with Gasteiger partial charge in [-0.3, -0.25) is 14.4 Å². The van der Waals surface area contributed by atoms with Crippen molar-refractivity contribution in [3.05, 3.63) is 11.9 Å². The maximum Gasteiger partial charge on any atom is 0.325 e. The normalized spacial score (nSPS) is 9.83. The Hall–Kier alpha value is -2.45. The van der Waals surface area contributed by atoms with Gasteiger partial charge < -0.3 is 15.7 Å². The largest absolute Gasteiger partial charge is 0.480 e. The molecule has 18 heavy (non-hydrogen) atoms. The highest BCUT2D eigenvalue weighted by Crippen LogP contribution is 1.93. The van der Waals surface area contributed by atoms with Gasteiger partial charge in [0.25, 0.3) is 5.91 Å². The van der Waals surface area contributed by atoms with E-state index in [-0.39, 0.29) is 31.1 Å². The second-order valence-electron chi connectivity index (χ2n) is 3.37. The molecule has 0 radical (unpaired) electrons. The second kappa shape index (κ2) is 6.33. The average molecular weight is 255 g/mol. The van der Waals surface area contributed by atoms with Crippen LogP contribution in [0.3, 0.4) is 0 Å². The van der Waals surface area contributed by atoms with Crippen LogP contribution in [0.1, 0.15) is 16.9 Å². The Morgan fingerprint density at radius 1 is 1.44 bits per heavy atom. The molecule has 0 spiro atoms. The summed E-state index contributed by atoms with van der Waals surface area (Å²) in [6, 6.07) is 0. The summed E-state index contributed by atoms with van der Waals surface area (Å²) in [6.45, 7) is -0.192. The average Bonchev–Trinajstić information content (AvgIpc) is 2.76. The standard InChI is InChI=1S/C9H13N5O4/c1-10-7(15)2-3-11-9(18)6-4-14(13-12-6)5-8(16)17/h4H,2-3,5H2,1H3,(H,10,15)(H,11,18)(H,16,17). The quantitative estimate of drug-likeness (QED) is 0.552. The maximum atomic E-state index is 11.5. The van der Waals surface area contributed by atoms with Crippen molar-refractivity contribution in [1.82, 2.24) is 25.6 Å². The van der Waals surface area contributed by atoms with E-state index in [9.17, 15) is 14.4 Å². The van der Waals surface area contributed by atoms with Gasteiger partial charge in [-0.15, -0.1) is 5.10 Å². The van der Waals surface area contributed by atoms with E-state index in [1.54, 1.807) is 0 Å². The number of hydrogen-bond acceptors (Lipinski definition) is 5. The number of rotatable bonds is 6. The number of carboxylic acid groups (broad SMARTS) is 1. The molecule has 0 fully saturated rings. The van der Waals surface area contributed by atoms with Gasteiger partial charge in [-0.05, 0) is 0 Å². The van der Waals surface area contributed by atoms with Gasteiger partial charge in [-0.2, -0.15) is 0 Å². The number of hydrogen-bond donors (Lipinski definition) is 3. The lowest BCUT2D eigenvalue weighted by Gasteiger charge is -2.01. The Bertz CT molecular complexity index is 456. The zero-order valence-electron chi connectivity index (χ0n) is 9.71. The van der Waals surface area contributed by atoms with Crippen molar-refractivity contribution in [2.24, 2.45) is 0 Å². The molecule has 9 nitrogen and oxygen atoms in total. The highest BCUT2D eigenvalue weighted by atomic mass is 16.4. The molecular weight excluding hydrogens is 242 g/mol. The van der Waals surface area contributed by atoms with Crippen molar-refractivity contribution >= 4 is 17.8 Å². The zero-order valence-corrected chi connectivity index (χ0v) is 9.71. The zero-order chi connectivity index (χ0) is 13.5. The number of amides is 2. The first-order valence-corrected chi connectivity index (χ1v) is 5.13. The van der Waals surface area contributed by atoms with Crippen LogP contribution in [0.25, 0.3) is 0 Å². The second-order valence-corrected chi connectivity index (χ2v) is 3.37. The third-order valence-corrected chi connectivity index (χ3v) is 1.99. The van der Waals surface area contributed by atoms with Crippen LogP contribution in [0.2, 0.25) is 0 Å². The molecule has 0 saturated carbocycles. The van der Waals surface area contributed by atoms with Gasteiger partial charge in [0.2, 0.25) is 5.91 Å². The van der Waals surface area contributed by atoms with E-state index < -0.39 is 11.9 Å². The summed E-state index contributed by atoms with van der Waals surface area (Å²) in [5.74, 6) is -1.77. The molecule has 1 rings (SSSR count). The molecule has 0 saturated heterocycles. The summed E-state index contributed by atoms with van der Waals surface area (Å²) in [5, 5.41) is 20.4. The number of carbonyl (C=O) groups is 3. The first-order chi connectivity index (χ1) is 8.52. The fourth-order valence-electron chi connectivity index (χ4n) is 1.12. The van der Waals surface area contributed by atoms with E-state index in [1.165, 1.54) is 13.2 Å². The summed E-state index contributed by atoms with van der Waals surface area (Å²) < 4.78 is 1.04. The van der Waals surface area contributed by atoms with E-state index in [0.717, 1.165) is 4.68 Å². The molecule has 1 aromatic rings. The Labute approximate surface area is 102 Å². The molecule has 1 aromatic heterocycles. The SMILES string of the molecule is CNC(=O)CCNC(=O)c1cn(CC(=O)O)nn1. The molecular formula is C9H13N5O4. The number of aromatic nitrogens is 3. The van der Waals surface area contributed by atoms with Crippen LogP contribution in [0.4, 0.5) is 0 Å². The van der Waals surface area contributed by atoms with Crippen LogP contribution in [0.15, 0.2) is 6.20 Å². The maximum absolute atomic E-state index is 11.5. The molecule has 0 unspecified atom stereocenters. The number of nitrogens with one attached hydrogen (secondary N) is 2. The van der Waals surface area contributed by atoms with Gasteiger partial charge in [0.05, 0.1) is 6.20 Å². The summed E-state index contributed by atoms with van der Waals surface area (Å²) in [7, 11) is 1.50. The van der Waals surface area contributed by atoms with Crippen LogP contribution >= 0.6 is 0 Å². The predicted octanol–water partition coefficient (Wildman–Crippen LogP) is -1.77. The highest BCUT2D eigenvalue weighted by molar-refractivity contribution is 5.92. The van der Waals surface area contributed by atoms with Crippen molar-refractivity contribution in [1.29, 1.82) is 0 Å². The van der Waals surface area contributed by atoms with Gasteiger partial charge in [-0.25, -0.2) is 4.68 Å². The van der Waals surface area contributed by atoms with Crippen molar-refractivity contribution in [2.75, 3.05) is 13.6 Å². The third-order valence-electron chi connectivity index (χ3n) is 1.99. The molecule has 0 bridgehead atoms. The van der Waals surface area contributed by atoms with Crippen LogP contribution in [0, 0.1) is 0 Å². The van der Waals surface area contributed by atoms with Crippen molar-refractivity contribution in [3.63, 3.8) is 0 Å². The lowest BCUT2D eigenvalue weighted by Crippen LogP contribution is -2.29. The Morgan fingerprint density at radius 2 is 2.17 bits per heavy atom. The summed E-state index contributed by atoms with van der Waals surface area (Å²) >= 11 is 0. The third kappa shape index (κ3) is 4.20. The van der Waals surface area contributed by atoms with Gasteiger partial charge in [0, 0.05) is 20.0 Å². The lowest BCUT2D eigenvalue weighted by molar-refractivity contribution is -0.138. The van der Waals surface area contributed by atoms with Crippen molar-refractivity contribution < 1.29 is 19.5 Å². The van der Waals surface area contributed by atoms with Gasteiger partial charge in [0.15, 0.2) is 5.69 Å². The van der Waals surface area contributed by atoms with Crippen LogP contribution in [-0.4, -0.2) is 51.5 Å². The number of aliphatic carboxylic acids is 1. The minimum Gasteiger partial charge on any atom is -0.480 e. The predicted molar refractivity (Wildman–Crippen MR) is 58.7 cm³/mol. The van der Waals surface area contributed by atoms with Crippen molar-refractivity contribution in [2.45, 2.75) is 13.0 Å². The molecule has 0 atom stereocenters. The van der Waals surface area contributed by atoms with Gasteiger partial charge in [-0.1, -0.05) is 5.21 Å². The van der Waals surface area contributed by atoms with Crippen LogP contribution in [0.5, 0.6) is 0 Å². The molecule has 0 aromatic carbocycles. The molecule has 9 heteroatoms. The fourth-order valence-corrected chi connectivity index (χ4v) is 1.12. The number of carbonyl (C=O) groups excluding carboxylic acids is 2. The smallest absolute Gasteiger partial charge is 0.325 e. The molecule has 0 aliphatic heterocycles. The van der Waals surface area contributed by atoms with Crippen molar-refractivity contribution in [3.8, 4) is 0 Å². The molecule has 0 aliphatic rings. The Morgan fingerprint density at radius 3 is 2.78 bits per heavy atom. The summed E-state index contributed by atoms with van der Waals surface area (Å²) in [4.78, 5) is 32.8. The topological polar surface area (TPSA) is 126 Å². The Kier molecular flexibility index (Phi) is 4.78. The first-order valence-electron chi connectivity index (χ1n) is 5.13. The van der Waals surface area contributed by atoms with E-state index in [4.69, 9.17) is 5.11 Å². The molecule has 2 amide bonds. The van der Waals surface area contributed by atoms with Crippen LogP contribution < -0.4 is 10.6 Å². The molecule has 1 heterocycles. The highest BCUT2D eigenvalue weighted by Gasteiger charge is 2.11. The van der Waals surface area contributed by atoms with E-state index >= 15 is 0 Å². The van der Waals surface area contributed by atoms with E-state index in [2.05, 4.69) is 20.9 Å². The minimum absolute atomic E-state index is 0.00755. The van der Waals surface area contributed by atoms with Gasteiger partial charge >= 0.3 is 5.97 Å². The lowest BCUT2D eigenvalue weighted by atomic mass is 10.3. The summed E-state index contributed by atoms with van der Waals surface area (Å²) in [5.41, 5.74) is 0.00755. The van der Waals surface area contributed by atoms with E-state index in [1.807, 2.05) is 0 Å². The Balaban J connectivity index is 2.44. The van der Waals surface area contributed by atoms with Crippen LogP contribution in [-0.2, 0) is 16.1 Å². The number of nitrogens with zero attached hydrogens (tertiary/aromatic N) is 3. The monoisotopic (exact) mass is 255 g/mol. The number of carboxylic acids is 1. The van der Waals surface area contributed by atoms with Gasteiger partial charge in [0.1, 0.15) is 6.54 Å². The van der Waals surface area contributed by atoms with E-state index in [0.29, 0.717) is 0 Å². The summed E-state index contributed by atoms with van der Waals surface area (Å²) in [6.07, 6.45) is 1.38. The molecule has 98 valence electrons. The molecule has 3 N–H and O–H groups in total. The first kappa shape index (κ1) is 13.6.